The molecule has 28 heavy (non-hydrogen) atoms. The summed E-state index contributed by atoms with van der Waals surface area (Å²) in [4.78, 5) is 27.3. The molecular weight excluding hydrogens is 408 g/mol. The zero-order valence-electron chi connectivity index (χ0n) is 15.6. The van der Waals surface area contributed by atoms with E-state index in [2.05, 4.69) is 5.32 Å². The highest BCUT2D eigenvalue weighted by Gasteiger charge is 2.42. The number of halogens is 3. The van der Waals surface area contributed by atoms with Crippen molar-refractivity contribution in [2.45, 2.75) is 25.7 Å². The summed E-state index contributed by atoms with van der Waals surface area (Å²) in [7, 11) is 0. The number of hydrogen-bond acceptors (Lipinski definition) is 4. The van der Waals surface area contributed by atoms with Gasteiger partial charge in [-0.05, 0) is 43.9 Å². The Kier molecular flexibility index (Phi) is 8.07. The molecule has 0 aliphatic carbocycles. The fourth-order valence-electron chi connectivity index (χ4n) is 3.77. The van der Waals surface area contributed by atoms with E-state index in [4.69, 9.17) is 22.1 Å². The van der Waals surface area contributed by atoms with Gasteiger partial charge >= 0.3 is 0 Å². The maximum atomic E-state index is 13.2. The Hall–Kier alpha value is -1.41. The molecule has 0 aromatic heterocycles. The summed E-state index contributed by atoms with van der Waals surface area (Å²) in [6.07, 6.45) is 2.47. The first-order chi connectivity index (χ1) is 12.9. The van der Waals surface area contributed by atoms with Crippen LogP contribution < -0.4 is 11.1 Å². The van der Waals surface area contributed by atoms with Gasteiger partial charge in [0.1, 0.15) is 5.82 Å². The van der Waals surface area contributed by atoms with Crippen LogP contribution in [0.25, 0.3) is 0 Å². The Morgan fingerprint density at radius 2 is 1.93 bits per heavy atom. The molecule has 156 valence electrons. The zero-order chi connectivity index (χ0) is 19.4. The maximum absolute atomic E-state index is 13.2. The Labute approximate surface area is 175 Å². The van der Waals surface area contributed by atoms with E-state index < -0.39 is 11.2 Å². The number of likely N-dealkylation sites (tertiary alicyclic amines) is 1. The van der Waals surface area contributed by atoms with Crippen LogP contribution in [0.1, 0.15) is 25.7 Å². The van der Waals surface area contributed by atoms with Gasteiger partial charge in [0.25, 0.3) is 0 Å². The largest absolute Gasteiger partial charge is 0.381 e. The lowest BCUT2D eigenvalue weighted by atomic mass is 9.78. The number of piperidine rings is 1. The molecule has 9 heteroatoms. The number of rotatable bonds is 4. The molecule has 2 aliphatic rings. The van der Waals surface area contributed by atoms with Gasteiger partial charge in [0.05, 0.1) is 10.4 Å². The van der Waals surface area contributed by atoms with Crippen LogP contribution in [0.2, 0.25) is 5.02 Å². The van der Waals surface area contributed by atoms with Crippen molar-refractivity contribution < 1.29 is 18.7 Å². The minimum absolute atomic E-state index is 0. The third-order valence-corrected chi connectivity index (χ3v) is 5.92. The van der Waals surface area contributed by atoms with Crippen LogP contribution in [0.3, 0.4) is 0 Å². The Morgan fingerprint density at radius 3 is 2.50 bits per heavy atom. The second kappa shape index (κ2) is 9.87. The molecule has 0 spiro atoms. The van der Waals surface area contributed by atoms with Crippen LogP contribution >= 0.6 is 24.0 Å². The molecule has 3 N–H and O–H groups in total. The predicted octanol–water partition coefficient (Wildman–Crippen LogP) is 2.83. The molecule has 2 amide bonds. The monoisotopic (exact) mass is 433 g/mol. The van der Waals surface area contributed by atoms with E-state index in [0.717, 1.165) is 0 Å². The van der Waals surface area contributed by atoms with Gasteiger partial charge in [0.2, 0.25) is 11.8 Å². The zero-order valence-corrected chi connectivity index (χ0v) is 17.2. The van der Waals surface area contributed by atoms with E-state index in [-0.39, 0.29) is 35.2 Å². The molecule has 3 rings (SSSR count). The van der Waals surface area contributed by atoms with Gasteiger partial charge in [0.15, 0.2) is 0 Å². The number of nitrogens with one attached hydrogen (secondary N) is 1. The van der Waals surface area contributed by atoms with E-state index in [9.17, 15) is 14.0 Å². The number of nitrogens with zero attached hydrogens (tertiary/aromatic N) is 1. The van der Waals surface area contributed by atoms with Gasteiger partial charge in [0, 0.05) is 44.5 Å². The highest BCUT2D eigenvalue weighted by Crippen LogP contribution is 2.33. The normalized spacial score (nSPS) is 19.6. The number of carbonyl (C=O) groups excluding carboxylic acids is 2. The molecule has 0 unspecified atom stereocenters. The van der Waals surface area contributed by atoms with Gasteiger partial charge in [-0.3, -0.25) is 9.59 Å². The van der Waals surface area contributed by atoms with E-state index in [1.807, 2.05) is 4.90 Å². The van der Waals surface area contributed by atoms with Gasteiger partial charge in [-0.25, -0.2) is 4.39 Å². The first-order valence-electron chi connectivity index (χ1n) is 9.28. The molecule has 0 radical (unpaired) electrons. The first-order valence-corrected chi connectivity index (χ1v) is 9.66. The number of carbonyl (C=O) groups is 2. The average Bonchev–Trinajstić information content (AvgIpc) is 2.71. The van der Waals surface area contributed by atoms with Crippen molar-refractivity contribution in [1.82, 2.24) is 4.90 Å². The second-order valence-corrected chi connectivity index (χ2v) is 7.69. The van der Waals surface area contributed by atoms with Crippen LogP contribution in [-0.2, 0) is 14.3 Å². The molecule has 0 saturated carbocycles. The van der Waals surface area contributed by atoms with Crippen LogP contribution in [0.5, 0.6) is 0 Å². The lowest BCUT2D eigenvalue weighted by Crippen LogP contribution is -2.53. The quantitative estimate of drug-likeness (QED) is 0.764. The third kappa shape index (κ3) is 4.95. The van der Waals surface area contributed by atoms with Gasteiger partial charge in [-0.15, -0.1) is 12.4 Å². The van der Waals surface area contributed by atoms with E-state index in [1.54, 1.807) is 0 Å². The Balaban J connectivity index is 0.00000280. The van der Waals surface area contributed by atoms with Crippen molar-refractivity contribution in [3.63, 3.8) is 0 Å². The number of nitrogens with two attached hydrogens (primary N) is 1. The summed E-state index contributed by atoms with van der Waals surface area (Å²) >= 11 is 5.75. The summed E-state index contributed by atoms with van der Waals surface area (Å²) in [5.74, 6) is -0.772. The molecule has 0 bridgehead atoms. The standard InChI is InChI=1S/C19H25ClFN3O3.ClH/c20-15-11-14(1-2-16(15)21)23-17(25)13-3-7-24(8-4-13)18(26)19(12-22)5-9-27-10-6-19;/h1-2,11,13H,3-10,12,22H2,(H,23,25);1H. The molecule has 2 aliphatic heterocycles. The number of benzene rings is 1. The van der Waals surface area contributed by atoms with E-state index in [0.29, 0.717) is 64.2 Å². The first kappa shape index (κ1) is 22.9. The minimum Gasteiger partial charge on any atom is -0.381 e. The highest BCUT2D eigenvalue weighted by atomic mass is 35.5. The molecular formula is C19H26Cl2FN3O3. The van der Waals surface area contributed by atoms with Crippen LogP contribution in [0.4, 0.5) is 10.1 Å². The summed E-state index contributed by atoms with van der Waals surface area (Å²) < 4.78 is 18.6. The molecule has 1 aromatic carbocycles. The molecule has 0 atom stereocenters. The van der Waals surface area contributed by atoms with Crippen molar-refractivity contribution in [2.24, 2.45) is 17.1 Å². The number of hydrogen-bond donors (Lipinski definition) is 2. The lowest BCUT2D eigenvalue weighted by molar-refractivity contribution is -0.149. The Bertz CT molecular complexity index is 706. The fraction of sp³-hybridized carbons (Fsp3) is 0.579. The smallest absolute Gasteiger partial charge is 0.230 e. The molecule has 2 heterocycles. The number of ether oxygens (including phenoxy) is 1. The van der Waals surface area contributed by atoms with Crippen molar-refractivity contribution in [1.29, 1.82) is 0 Å². The van der Waals surface area contributed by atoms with E-state index in [1.165, 1.54) is 18.2 Å². The third-order valence-electron chi connectivity index (χ3n) is 5.63. The predicted molar refractivity (Wildman–Crippen MR) is 108 cm³/mol. The summed E-state index contributed by atoms with van der Waals surface area (Å²) in [6.45, 7) is 2.50. The van der Waals surface area contributed by atoms with Gasteiger partial charge in [-0.1, -0.05) is 11.6 Å². The van der Waals surface area contributed by atoms with Gasteiger partial charge < -0.3 is 20.7 Å². The van der Waals surface area contributed by atoms with Crippen molar-refractivity contribution in [3.8, 4) is 0 Å². The number of amides is 2. The summed E-state index contributed by atoms with van der Waals surface area (Å²) in [5, 5.41) is 2.74. The molecule has 1 aromatic rings. The SMILES string of the molecule is Cl.NCC1(C(=O)N2CCC(C(=O)Nc3ccc(F)c(Cl)c3)CC2)CCOCC1. The van der Waals surface area contributed by atoms with Crippen molar-refractivity contribution >= 4 is 41.5 Å². The number of anilines is 1. The van der Waals surface area contributed by atoms with Crippen LogP contribution in [0, 0.1) is 17.2 Å². The summed E-state index contributed by atoms with van der Waals surface area (Å²) in [6, 6.07) is 4.09. The van der Waals surface area contributed by atoms with Crippen LogP contribution in [-0.4, -0.2) is 49.6 Å². The van der Waals surface area contributed by atoms with E-state index >= 15 is 0 Å². The second-order valence-electron chi connectivity index (χ2n) is 7.28. The van der Waals surface area contributed by atoms with Crippen molar-refractivity contribution in [3.05, 3.63) is 29.0 Å². The van der Waals surface area contributed by atoms with Crippen molar-refractivity contribution in [2.75, 3.05) is 38.2 Å². The van der Waals surface area contributed by atoms with Crippen LogP contribution in [0.15, 0.2) is 18.2 Å². The fourth-order valence-corrected chi connectivity index (χ4v) is 3.95. The molecule has 6 nitrogen and oxygen atoms in total. The highest BCUT2D eigenvalue weighted by molar-refractivity contribution is 6.31. The summed E-state index contributed by atoms with van der Waals surface area (Å²) in [5.41, 5.74) is 5.86. The molecule has 2 fully saturated rings. The topological polar surface area (TPSA) is 84.7 Å². The Morgan fingerprint density at radius 1 is 1.29 bits per heavy atom. The van der Waals surface area contributed by atoms with Gasteiger partial charge in [-0.2, -0.15) is 0 Å². The maximum Gasteiger partial charge on any atom is 0.230 e. The minimum atomic E-state index is -0.530. The average molecular weight is 434 g/mol. The molecule has 2 saturated heterocycles. The lowest BCUT2D eigenvalue weighted by Gasteiger charge is -2.41.